The molecule has 0 aromatic heterocycles. The molecule has 0 amide bonds. The second-order valence-electron chi connectivity index (χ2n) is 5.34. The van der Waals surface area contributed by atoms with Gasteiger partial charge in [-0.1, -0.05) is 24.3 Å². The summed E-state index contributed by atoms with van der Waals surface area (Å²) in [4.78, 5) is 2.13. The Labute approximate surface area is 124 Å². The molecule has 3 nitrogen and oxygen atoms in total. The number of nitrogens with zero attached hydrogens (tertiary/aromatic N) is 1. The second-order valence-corrected chi connectivity index (χ2v) is 5.34. The summed E-state index contributed by atoms with van der Waals surface area (Å²) in [5.74, 6) is 0.653. The van der Waals surface area contributed by atoms with E-state index in [1.165, 1.54) is 6.07 Å². The van der Waals surface area contributed by atoms with Gasteiger partial charge in [0, 0.05) is 29.4 Å². The Balaban J connectivity index is 2.00. The summed E-state index contributed by atoms with van der Waals surface area (Å²) in [6, 6.07) is 12.7. The maximum absolute atomic E-state index is 14.1. The highest BCUT2D eigenvalue weighted by Gasteiger charge is 2.20. The molecule has 2 N–H and O–H groups in total. The number of fused-ring (bicyclic) bond motifs is 1. The van der Waals surface area contributed by atoms with Crippen LogP contribution in [0.15, 0.2) is 42.5 Å². The van der Waals surface area contributed by atoms with Crippen LogP contribution in [0.2, 0.25) is 0 Å². The molecule has 0 bridgehead atoms. The molecule has 0 saturated carbocycles. The molecule has 2 aromatic rings. The average molecular weight is 286 g/mol. The first-order valence-electron chi connectivity index (χ1n) is 7.16. The predicted molar refractivity (Wildman–Crippen MR) is 82.0 cm³/mol. The number of benzene rings is 2. The first kappa shape index (κ1) is 13.9. The molecule has 0 unspecified atom stereocenters. The van der Waals surface area contributed by atoms with E-state index in [2.05, 4.69) is 4.90 Å². The van der Waals surface area contributed by atoms with Crippen molar-refractivity contribution in [1.29, 1.82) is 0 Å². The molecular weight excluding hydrogens is 267 g/mol. The summed E-state index contributed by atoms with van der Waals surface area (Å²) in [5.41, 5.74) is 8.48. The number of nitrogens with two attached hydrogens (primary N) is 1. The number of anilines is 1. The standard InChI is InChI=1S/C17H19FN2O/c1-12(19)17-14(18)6-4-7-15(17)20-9-10-21-16-8-3-2-5-13(16)11-20/h2-8,12H,9-11,19H2,1H3/t12-/m1/s1. The molecule has 0 spiro atoms. The van der Waals surface area contributed by atoms with Crippen molar-refractivity contribution >= 4 is 5.69 Å². The minimum absolute atomic E-state index is 0.249. The van der Waals surface area contributed by atoms with Crippen LogP contribution in [0.5, 0.6) is 5.75 Å². The van der Waals surface area contributed by atoms with E-state index in [0.29, 0.717) is 25.3 Å². The van der Waals surface area contributed by atoms with Gasteiger partial charge in [0.25, 0.3) is 0 Å². The van der Waals surface area contributed by atoms with Crippen LogP contribution in [0, 0.1) is 5.82 Å². The largest absolute Gasteiger partial charge is 0.491 e. The van der Waals surface area contributed by atoms with Crippen LogP contribution in [0.3, 0.4) is 0 Å². The van der Waals surface area contributed by atoms with E-state index in [1.54, 1.807) is 6.07 Å². The second kappa shape index (κ2) is 5.74. The van der Waals surface area contributed by atoms with Crippen LogP contribution in [-0.4, -0.2) is 13.2 Å². The first-order chi connectivity index (χ1) is 10.2. The average Bonchev–Trinajstić information content (AvgIpc) is 2.68. The van der Waals surface area contributed by atoms with E-state index in [0.717, 1.165) is 17.0 Å². The van der Waals surface area contributed by atoms with Gasteiger partial charge in [-0.3, -0.25) is 0 Å². The van der Waals surface area contributed by atoms with E-state index in [1.807, 2.05) is 37.3 Å². The highest BCUT2D eigenvalue weighted by molar-refractivity contribution is 5.57. The zero-order chi connectivity index (χ0) is 14.8. The molecule has 110 valence electrons. The predicted octanol–water partition coefficient (Wildman–Crippen LogP) is 3.24. The van der Waals surface area contributed by atoms with Gasteiger partial charge in [0.2, 0.25) is 0 Å². The highest BCUT2D eigenvalue weighted by Crippen LogP contribution is 2.31. The highest BCUT2D eigenvalue weighted by atomic mass is 19.1. The maximum atomic E-state index is 14.1. The molecular formula is C17H19FN2O. The summed E-state index contributed by atoms with van der Waals surface area (Å²) in [5, 5.41) is 0. The Hall–Kier alpha value is -2.07. The molecule has 0 saturated heterocycles. The van der Waals surface area contributed by atoms with Gasteiger partial charge in [-0.05, 0) is 25.1 Å². The monoisotopic (exact) mass is 286 g/mol. The van der Waals surface area contributed by atoms with Gasteiger partial charge in [-0.2, -0.15) is 0 Å². The minimum atomic E-state index is -0.347. The Bertz CT molecular complexity index is 642. The molecule has 2 aromatic carbocycles. The van der Waals surface area contributed by atoms with Crippen molar-refractivity contribution in [3.05, 3.63) is 59.4 Å². The summed E-state index contributed by atoms with van der Waals surface area (Å²) < 4.78 is 19.9. The van der Waals surface area contributed by atoms with Gasteiger partial charge >= 0.3 is 0 Å². The van der Waals surface area contributed by atoms with Crippen LogP contribution in [0.1, 0.15) is 24.1 Å². The third-order valence-corrected chi connectivity index (χ3v) is 3.78. The summed E-state index contributed by atoms with van der Waals surface area (Å²) in [6.07, 6.45) is 0. The number of para-hydroxylation sites is 1. The minimum Gasteiger partial charge on any atom is -0.491 e. The zero-order valence-electron chi connectivity index (χ0n) is 12.1. The molecule has 4 heteroatoms. The number of rotatable bonds is 2. The molecule has 0 fully saturated rings. The van der Waals surface area contributed by atoms with Crippen LogP contribution >= 0.6 is 0 Å². The maximum Gasteiger partial charge on any atom is 0.130 e. The van der Waals surface area contributed by atoms with Crippen molar-refractivity contribution in [2.45, 2.75) is 19.5 Å². The number of hydrogen-bond donors (Lipinski definition) is 1. The molecule has 21 heavy (non-hydrogen) atoms. The molecule has 1 heterocycles. The first-order valence-corrected chi connectivity index (χ1v) is 7.16. The van der Waals surface area contributed by atoms with Gasteiger partial charge in [0.1, 0.15) is 18.2 Å². The zero-order valence-corrected chi connectivity index (χ0v) is 12.1. The van der Waals surface area contributed by atoms with Crippen LogP contribution in [0.25, 0.3) is 0 Å². The topological polar surface area (TPSA) is 38.5 Å². The van der Waals surface area contributed by atoms with Gasteiger partial charge in [0.15, 0.2) is 0 Å². The molecule has 1 aliphatic heterocycles. The summed E-state index contributed by atoms with van der Waals surface area (Å²) in [7, 11) is 0. The lowest BCUT2D eigenvalue weighted by Crippen LogP contribution is -2.27. The van der Waals surface area contributed by atoms with Gasteiger partial charge in [0.05, 0.1) is 6.54 Å². The lowest BCUT2D eigenvalue weighted by Gasteiger charge is -2.26. The van der Waals surface area contributed by atoms with Crippen LogP contribution < -0.4 is 15.4 Å². The third-order valence-electron chi connectivity index (χ3n) is 3.78. The van der Waals surface area contributed by atoms with E-state index in [9.17, 15) is 4.39 Å². The molecule has 1 atom stereocenters. The van der Waals surface area contributed by atoms with Crippen molar-refractivity contribution in [2.75, 3.05) is 18.1 Å². The Morgan fingerprint density at radius 1 is 1.19 bits per heavy atom. The van der Waals surface area contributed by atoms with E-state index < -0.39 is 0 Å². The lowest BCUT2D eigenvalue weighted by molar-refractivity contribution is 0.331. The van der Waals surface area contributed by atoms with Crippen molar-refractivity contribution in [2.24, 2.45) is 5.73 Å². The van der Waals surface area contributed by atoms with Crippen molar-refractivity contribution in [3.8, 4) is 5.75 Å². The molecule has 1 aliphatic rings. The van der Waals surface area contributed by atoms with Crippen molar-refractivity contribution < 1.29 is 9.13 Å². The summed E-state index contributed by atoms with van der Waals surface area (Å²) >= 11 is 0. The van der Waals surface area contributed by atoms with Crippen LogP contribution in [0.4, 0.5) is 10.1 Å². The summed E-state index contributed by atoms with van der Waals surface area (Å²) in [6.45, 7) is 3.79. The smallest absolute Gasteiger partial charge is 0.130 e. The van der Waals surface area contributed by atoms with Gasteiger partial charge in [-0.15, -0.1) is 0 Å². The quantitative estimate of drug-likeness (QED) is 0.921. The lowest BCUT2D eigenvalue weighted by atomic mass is 10.0. The Morgan fingerprint density at radius 2 is 2.00 bits per heavy atom. The van der Waals surface area contributed by atoms with Crippen LogP contribution in [-0.2, 0) is 6.54 Å². The van der Waals surface area contributed by atoms with E-state index in [4.69, 9.17) is 10.5 Å². The van der Waals surface area contributed by atoms with Gasteiger partial charge in [-0.25, -0.2) is 4.39 Å². The van der Waals surface area contributed by atoms with E-state index in [-0.39, 0.29) is 11.9 Å². The Kier molecular flexibility index (Phi) is 3.80. The fraction of sp³-hybridized carbons (Fsp3) is 0.294. The fourth-order valence-corrected chi connectivity index (χ4v) is 2.78. The number of ether oxygens (including phenoxy) is 1. The third kappa shape index (κ3) is 2.72. The van der Waals surface area contributed by atoms with Gasteiger partial charge < -0.3 is 15.4 Å². The molecule has 0 aliphatic carbocycles. The van der Waals surface area contributed by atoms with E-state index >= 15 is 0 Å². The molecule has 3 rings (SSSR count). The number of halogens is 1. The fourth-order valence-electron chi connectivity index (χ4n) is 2.78. The van der Waals surface area contributed by atoms with Crippen molar-refractivity contribution in [1.82, 2.24) is 0 Å². The Morgan fingerprint density at radius 3 is 2.81 bits per heavy atom. The SMILES string of the molecule is C[C@@H](N)c1c(F)cccc1N1CCOc2ccccc2C1. The number of hydrogen-bond acceptors (Lipinski definition) is 3. The molecule has 0 radical (unpaired) electrons. The van der Waals surface area contributed by atoms with Crippen molar-refractivity contribution in [3.63, 3.8) is 0 Å². The normalized spacial score (nSPS) is 15.9.